The van der Waals surface area contributed by atoms with Crippen LogP contribution in [0.5, 0.6) is 0 Å². The maximum absolute atomic E-state index is 5.81. The largest absolute Gasteiger partial charge is 0.394 e. The second-order valence-electron chi connectivity index (χ2n) is 4.19. The smallest absolute Gasteiger partial charge is 0.152 e. The highest BCUT2D eigenvalue weighted by atomic mass is 32.2. The minimum Gasteiger partial charge on any atom is -0.394 e. The van der Waals surface area contributed by atoms with Crippen LogP contribution in [0.15, 0.2) is 12.5 Å². The van der Waals surface area contributed by atoms with E-state index in [1.807, 2.05) is 11.8 Å². The van der Waals surface area contributed by atoms with Gasteiger partial charge in [0.05, 0.1) is 11.9 Å². The van der Waals surface area contributed by atoms with E-state index in [0.717, 1.165) is 11.1 Å². The minimum absolute atomic E-state index is 0.503. The molecule has 1 aliphatic carbocycles. The fourth-order valence-corrected chi connectivity index (χ4v) is 2.97. The lowest BCUT2D eigenvalue weighted by Gasteiger charge is -2.29. The fraction of sp³-hybridized carbons (Fsp3) is 0.636. The molecule has 2 atom stereocenters. The summed E-state index contributed by atoms with van der Waals surface area (Å²) in [6.45, 7) is 0. The molecule has 0 radical (unpaired) electrons. The topological polar surface area (TPSA) is 63.8 Å². The van der Waals surface area contributed by atoms with Gasteiger partial charge in [-0.05, 0) is 25.5 Å². The number of hydrogen-bond donors (Lipinski definition) is 2. The summed E-state index contributed by atoms with van der Waals surface area (Å²) < 4.78 is 0. The van der Waals surface area contributed by atoms with Gasteiger partial charge < -0.3 is 11.1 Å². The van der Waals surface area contributed by atoms with E-state index in [-0.39, 0.29) is 0 Å². The molecule has 0 aliphatic heterocycles. The summed E-state index contributed by atoms with van der Waals surface area (Å²) in [5.41, 5.74) is 6.45. The molecule has 0 aromatic carbocycles. The zero-order valence-electron chi connectivity index (χ0n) is 9.52. The molecule has 0 saturated heterocycles. The van der Waals surface area contributed by atoms with Crippen LogP contribution in [-0.2, 0) is 0 Å². The van der Waals surface area contributed by atoms with Crippen molar-refractivity contribution in [1.82, 2.24) is 9.97 Å². The summed E-state index contributed by atoms with van der Waals surface area (Å²) in [5, 5.41) is 4.20. The van der Waals surface area contributed by atoms with Crippen molar-refractivity contribution in [2.45, 2.75) is 37.0 Å². The molecule has 1 heterocycles. The van der Waals surface area contributed by atoms with E-state index in [1.54, 1.807) is 6.20 Å². The number of hydrogen-bond acceptors (Lipinski definition) is 5. The van der Waals surface area contributed by atoms with E-state index in [2.05, 4.69) is 21.5 Å². The number of nitrogens with two attached hydrogens (primary N) is 1. The first-order valence-corrected chi connectivity index (χ1v) is 6.93. The van der Waals surface area contributed by atoms with Gasteiger partial charge in [0, 0.05) is 11.3 Å². The van der Waals surface area contributed by atoms with Crippen molar-refractivity contribution in [2.75, 3.05) is 17.3 Å². The summed E-state index contributed by atoms with van der Waals surface area (Å²) in [7, 11) is 0. The quantitative estimate of drug-likeness (QED) is 0.844. The first-order chi connectivity index (χ1) is 7.79. The third-order valence-electron chi connectivity index (χ3n) is 3.04. The van der Waals surface area contributed by atoms with Gasteiger partial charge in [0.15, 0.2) is 5.82 Å². The lowest BCUT2D eigenvalue weighted by molar-refractivity contribution is 0.473. The molecule has 1 fully saturated rings. The van der Waals surface area contributed by atoms with E-state index in [1.165, 1.54) is 32.0 Å². The molecule has 1 aliphatic rings. The third kappa shape index (κ3) is 2.78. The predicted octanol–water partition coefficient (Wildman–Crippen LogP) is 2.14. The summed E-state index contributed by atoms with van der Waals surface area (Å²) in [5.74, 6) is 0.779. The number of nitrogens with zero attached hydrogens (tertiary/aromatic N) is 2. The number of nitrogens with one attached hydrogen (secondary N) is 1. The summed E-state index contributed by atoms with van der Waals surface area (Å²) >= 11 is 1.96. The average Bonchev–Trinajstić information content (AvgIpc) is 2.32. The van der Waals surface area contributed by atoms with Crippen molar-refractivity contribution in [1.29, 1.82) is 0 Å². The van der Waals surface area contributed by atoms with Crippen molar-refractivity contribution in [3.05, 3.63) is 12.5 Å². The average molecular weight is 238 g/mol. The van der Waals surface area contributed by atoms with Crippen LogP contribution in [0.25, 0.3) is 0 Å². The van der Waals surface area contributed by atoms with Gasteiger partial charge in [0.2, 0.25) is 0 Å². The highest BCUT2D eigenvalue weighted by molar-refractivity contribution is 7.99. The highest BCUT2D eigenvalue weighted by Gasteiger charge is 2.21. The van der Waals surface area contributed by atoms with E-state index in [4.69, 9.17) is 5.73 Å². The van der Waals surface area contributed by atoms with Crippen LogP contribution < -0.4 is 11.1 Å². The Morgan fingerprint density at radius 2 is 2.38 bits per heavy atom. The molecular weight excluding hydrogens is 220 g/mol. The maximum atomic E-state index is 5.81. The molecule has 2 unspecified atom stereocenters. The van der Waals surface area contributed by atoms with Gasteiger partial charge in [0.1, 0.15) is 6.33 Å². The van der Waals surface area contributed by atoms with Gasteiger partial charge in [0.25, 0.3) is 0 Å². The Kier molecular flexibility index (Phi) is 3.88. The molecule has 16 heavy (non-hydrogen) atoms. The van der Waals surface area contributed by atoms with Crippen molar-refractivity contribution >= 4 is 23.3 Å². The Morgan fingerprint density at radius 1 is 1.50 bits per heavy atom. The van der Waals surface area contributed by atoms with Crippen molar-refractivity contribution in [3.8, 4) is 0 Å². The second kappa shape index (κ2) is 5.39. The molecule has 3 N–H and O–H groups in total. The number of aromatic nitrogens is 2. The van der Waals surface area contributed by atoms with Gasteiger partial charge in [-0.15, -0.1) is 0 Å². The number of nitrogen functional groups attached to an aromatic ring is 1. The third-order valence-corrected chi connectivity index (χ3v) is 4.14. The fourth-order valence-electron chi connectivity index (χ4n) is 2.14. The SMILES string of the molecule is CSC1CCCC(Nc2ncncc2N)C1. The molecule has 0 amide bonds. The second-order valence-corrected chi connectivity index (χ2v) is 5.33. The van der Waals surface area contributed by atoms with Gasteiger partial charge in [-0.25, -0.2) is 9.97 Å². The Bertz CT molecular complexity index is 345. The van der Waals surface area contributed by atoms with Crippen LogP contribution in [0.3, 0.4) is 0 Å². The van der Waals surface area contributed by atoms with Crippen molar-refractivity contribution in [2.24, 2.45) is 0 Å². The molecule has 1 aromatic rings. The van der Waals surface area contributed by atoms with Gasteiger partial charge in [-0.2, -0.15) is 11.8 Å². The van der Waals surface area contributed by atoms with E-state index in [9.17, 15) is 0 Å². The zero-order valence-corrected chi connectivity index (χ0v) is 10.3. The normalized spacial score (nSPS) is 25.3. The van der Waals surface area contributed by atoms with Crippen molar-refractivity contribution < 1.29 is 0 Å². The molecule has 5 heteroatoms. The molecule has 1 saturated carbocycles. The molecule has 0 spiro atoms. The Morgan fingerprint density at radius 3 is 3.12 bits per heavy atom. The predicted molar refractivity (Wildman–Crippen MR) is 69.6 cm³/mol. The van der Waals surface area contributed by atoms with E-state index < -0.39 is 0 Å². The Hall–Kier alpha value is -0.970. The Labute approximate surface area is 100 Å². The lowest BCUT2D eigenvalue weighted by atomic mass is 9.95. The molecule has 4 nitrogen and oxygen atoms in total. The summed E-state index contributed by atoms with van der Waals surface area (Å²) in [6.07, 6.45) is 10.4. The molecule has 2 rings (SSSR count). The Balaban J connectivity index is 1.97. The van der Waals surface area contributed by atoms with Gasteiger partial charge >= 0.3 is 0 Å². The van der Waals surface area contributed by atoms with Crippen LogP contribution in [0.1, 0.15) is 25.7 Å². The minimum atomic E-state index is 0.503. The summed E-state index contributed by atoms with van der Waals surface area (Å²) in [6, 6.07) is 0.503. The number of thioether (sulfide) groups is 1. The van der Waals surface area contributed by atoms with Crippen LogP contribution in [0.4, 0.5) is 11.5 Å². The first-order valence-electron chi connectivity index (χ1n) is 5.64. The van der Waals surface area contributed by atoms with Crippen LogP contribution in [0, 0.1) is 0 Å². The number of anilines is 2. The number of rotatable bonds is 3. The standard InChI is InChI=1S/C11H18N4S/c1-16-9-4-2-3-8(5-9)15-11-10(12)6-13-7-14-11/h6-9H,2-5,12H2,1H3,(H,13,14,15). The van der Waals surface area contributed by atoms with Gasteiger partial charge in [-0.3, -0.25) is 0 Å². The maximum Gasteiger partial charge on any atom is 0.152 e. The molecular formula is C11H18N4S. The molecule has 1 aromatic heterocycles. The van der Waals surface area contributed by atoms with Crippen LogP contribution in [0.2, 0.25) is 0 Å². The monoisotopic (exact) mass is 238 g/mol. The van der Waals surface area contributed by atoms with Crippen LogP contribution >= 0.6 is 11.8 Å². The summed E-state index contributed by atoms with van der Waals surface area (Å²) in [4.78, 5) is 8.06. The first kappa shape index (κ1) is 11.5. The zero-order chi connectivity index (χ0) is 11.4. The van der Waals surface area contributed by atoms with Gasteiger partial charge in [-0.1, -0.05) is 6.42 Å². The highest BCUT2D eigenvalue weighted by Crippen LogP contribution is 2.29. The van der Waals surface area contributed by atoms with Crippen LogP contribution in [-0.4, -0.2) is 27.5 Å². The van der Waals surface area contributed by atoms with E-state index >= 15 is 0 Å². The van der Waals surface area contributed by atoms with E-state index in [0.29, 0.717) is 11.7 Å². The molecule has 0 bridgehead atoms. The molecule has 88 valence electrons. The lowest BCUT2D eigenvalue weighted by Crippen LogP contribution is -2.29. The van der Waals surface area contributed by atoms with Crippen molar-refractivity contribution in [3.63, 3.8) is 0 Å².